The van der Waals surface area contributed by atoms with Crippen LogP contribution in [-0.2, 0) is 16.0 Å². The third-order valence-electron chi connectivity index (χ3n) is 3.73. The molecule has 0 aliphatic heterocycles. The number of hydrogen-bond acceptors (Lipinski definition) is 6. The molecule has 3 rings (SSSR count). The van der Waals surface area contributed by atoms with Gasteiger partial charge in [-0.1, -0.05) is 0 Å². The molecule has 0 bridgehead atoms. The van der Waals surface area contributed by atoms with Gasteiger partial charge < -0.3 is 15.2 Å². The van der Waals surface area contributed by atoms with Gasteiger partial charge in [0.2, 0.25) is 0 Å². The predicted octanol–water partition coefficient (Wildman–Crippen LogP) is 2.50. The van der Waals surface area contributed by atoms with E-state index >= 15 is 0 Å². The van der Waals surface area contributed by atoms with E-state index in [-0.39, 0.29) is 0 Å². The summed E-state index contributed by atoms with van der Waals surface area (Å²) in [5, 5.41) is 1.96. The molecule has 0 radical (unpaired) electrons. The van der Waals surface area contributed by atoms with Crippen LogP contribution in [0.1, 0.15) is 12.6 Å². The number of ether oxygens (including phenoxy) is 2. The van der Waals surface area contributed by atoms with Crippen molar-refractivity contribution in [2.24, 2.45) is 5.73 Å². The molecule has 0 fully saturated rings. The average molecular weight is 345 g/mol. The molecular weight excluding hydrogens is 326 g/mol. The number of carbonyl (C=O) groups is 1. The van der Waals surface area contributed by atoms with Gasteiger partial charge in [-0.25, -0.2) is 4.98 Å². The highest BCUT2D eigenvalue weighted by molar-refractivity contribution is 7.15. The summed E-state index contributed by atoms with van der Waals surface area (Å²) in [5.74, 6) is 0.382. The Balaban J connectivity index is 1.98. The Hall–Kier alpha value is -2.38. The summed E-state index contributed by atoms with van der Waals surface area (Å²) in [7, 11) is 1.63. The van der Waals surface area contributed by atoms with E-state index in [2.05, 4.69) is 4.98 Å². The lowest BCUT2D eigenvalue weighted by molar-refractivity contribution is -0.144. The van der Waals surface area contributed by atoms with Crippen LogP contribution in [0, 0.1) is 0 Å². The largest absolute Gasteiger partial charge is 0.497 e. The number of nitrogens with two attached hydrogens (primary N) is 1. The molecule has 2 aromatic heterocycles. The number of benzene rings is 1. The van der Waals surface area contributed by atoms with E-state index in [0.29, 0.717) is 13.0 Å². The van der Waals surface area contributed by atoms with Crippen LogP contribution in [0.3, 0.4) is 0 Å². The molecule has 126 valence electrons. The minimum atomic E-state index is -0.721. The van der Waals surface area contributed by atoms with E-state index in [1.165, 1.54) is 0 Å². The lowest BCUT2D eigenvalue weighted by Gasteiger charge is -2.11. The first-order valence-corrected chi connectivity index (χ1v) is 8.53. The average Bonchev–Trinajstić information content (AvgIpc) is 3.18. The first-order chi connectivity index (χ1) is 11.6. The second-order valence-electron chi connectivity index (χ2n) is 5.25. The highest BCUT2D eigenvalue weighted by Crippen LogP contribution is 2.29. The van der Waals surface area contributed by atoms with Crippen molar-refractivity contribution in [3.63, 3.8) is 0 Å². The maximum atomic E-state index is 11.9. The van der Waals surface area contributed by atoms with Gasteiger partial charge in [0.15, 0.2) is 4.96 Å². The Morgan fingerprint density at radius 2 is 2.12 bits per heavy atom. The van der Waals surface area contributed by atoms with Crippen LogP contribution < -0.4 is 10.5 Å². The van der Waals surface area contributed by atoms with Gasteiger partial charge >= 0.3 is 5.97 Å². The van der Waals surface area contributed by atoms with Crippen LogP contribution in [0.25, 0.3) is 16.2 Å². The lowest BCUT2D eigenvalue weighted by atomic mass is 10.1. The topological polar surface area (TPSA) is 78.8 Å². The summed E-state index contributed by atoms with van der Waals surface area (Å²) in [6, 6.07) is 6.95. The van der Waals surface area contributed by atoms with Gasteiger partial charge in [-0.2, -0.15) is 0 Å². The predicted molar refractivity (Wildman–Crippen MR) is 93.4 cm³/mol. The van der Waals surface area contributed by atoms with E-state index in [4.69, 9.17) is 15.2 Å². The Kier molecular flexibility index (Phi) is 4.82. The summed E-state index contributed by atoms with van der Waals surface area (Å²) in [5.41, 5.74) is 8.69. The summed E-state index contributed by atoms with van der Waals surface area (Å²) in [4.78, 5) is 17.4. The Morgan fingerprint density at radius 1 is 1.38 bits per heavy atom. The summed E-state index contributed by atoms with van der Waals surface area (Å²) < 4.78 is 12.2. The monoisotopic (exact) mass is 345 g/mol. The van der Waals surface area contributed by atoms with Crippen molar-refractivity contribution in [1.82, 2.24) is 9.38 Å². The van der Waals surface area contributed by atoms with Gasteiger partial charge in [0.05, 0.1) is 25.1 Å². The van der Waals surface area contributed by atoms with Crippen LogP contribution in [0.15, 0.2) is 35.8 Å². The summed E-state index contributed by atoms with van der Waals surface area (Å²) in [6.07, 6.45) is 2.30. The molecular formula is C17H19N3O3S. The quantitative estimate of drug-likeness (QED) is 0.695. The molecule has 0 amide bonds. The minimum absolute atomic E-state index is 0.318. The summed E-state index contributed by atoms with van der Waals surface area (Å²) in [6.45, 7) is 2.08. The number of fused-ring (bicyclic) bond motifs is 1. The van der Waals surface area contributed by atoms with Crippen molar-refractivity contribution in [3.05, 3.63) is 41.5 Å². The third kappa shape index (κ3) is 3.13. The number of hydrogen-bond donors (Lipinski definition) is 1. The molecule has 1 unspecified atom stereocenters. The van der Waals surface area contributed by atoms with Crippen molar-refractivity contribution in [1.29, 1.82) is 0 Å². The summed E-state index contributed by atoms with van der Waals surface area (Å²) >= 11 is 1.54. The van der Waals surface area contributed by atoms with Crippen LogP contribution in [0.2, 0.25) is 0 Å². The van der Waals surface area contributed by atoms with E-state index < -0.39 is 12.0 Å². The number of methoxy groups -OCH3 is 1. The number of imidazole rings is 1. The number of aromatic nitrogens is 2. The molecule has 2 heterocycles. The van der Waals surface area contributed by atoms with Gasteiger partial charge in [-0.15, -0.1) is 11.3 Å². The van der Waals surface area contributed by atoms with Crippen molar-refractivity contribution in [3.8, 4) is 17.0 Å². The Morgan fingerprint density at radius 3 is 2.79 bits per heavy atom. The zero-order chi connectivity index (χ0) is 17.1. The van der Waals surface area contributed by atoms with Crippen LogP contribution in [-0.4, -0.2) is 35.1 Å². The maximum absolute atomic E-state index is 11.9. The first kappa shape index (κ1) is 16.5. The molecule has 0 saturated carbocycles. The Labute approximate surface area is 143 Å². The molecule has 0 aliphatic rings. The maximum Gasteiger partial charge on any atom is 0.323 e. The van der Waals surface area contributed by atoms with Crippen molar-refractivity contribution in [2.75, 3.05) is 13.7 Å². The van der Waals surface area contributed by atoms with Crippen molar-refractivity contribution in [2.45, 2.75) is 19.4 Å². The van der Waals surface area contributed by atoms with Crippen LogP contribution >= 0.6 is 11.3 Å². The second-order valence-corrected chi connectivity index (χ2v) is 6.13. The highest BCUT2D eigenvalue weighted by atomic mass is 32.1. The number of nitrogens with zero attached hydrogens (tertiary/aromatic N) is 2. The molecule has 7 heteroatoms. The standard InChI is InChI=1S/C17H19N3O3S/c1-3-23-16(21)13(18)10-14-15(19-17-20(14)8-9-24-17)11-4-6-12(22-2)7-5-11/h4-9,13H,3,10,18H2,1-2H3. The second kappa shape index (κ2) is 7.02. The molecule has 2 N–H and O–H groups in total. The zero-order valence-corrected chi connectivity index (χ0v) is 14.4. The Bertz CT molecular complexity index is 839. The van der Waals surface area contributed by atoms with E-state index in [1.807, 2.05) is 40.2 Å². The van der Waals surface area contributed by atoms with Gasteiger partial charge in [-0.05, 0) is 31.2 Å². The fourth-order valence-corrected chi connectivity index (χ4v) is 3.28. The fourth-order valence-electron chi connectivity index (χ4n) is 2.55. The normalized spacial score (nSPS) is 12.3. The fraction of sp³-hybridized carbons (Fsp3) is 0.294. The zero-order valence-electron chi connectivity index (χ0n) is 13.6. The molecule has 3 aromatic rings. The molecule has 0 saturated heterocycles. The third-order valence-corrected chi connectivity index (χ3v) is 4.48. The smallest absolute Gasteiger partial charge is 0.323 e. The molecule has 1 aromatic carbocycles. The molecule has 6 nitrogen and oxygen atoms in total. The van der Waals surface area contributed by atoms with Gasteiger partial charge in [-0.3, -0.25) is 9.20 Å². The molecule has 1 atom stereocenters. The SMILES string of the molecule is CCOC(=O)C(N)Cc1c(-c2ccc(OC)cc2)nc2sccn12. The van der Waals surface area contributed by atoms with Gasteiger partial charge in [0.1, 0.15) is 11.8 Å². The number of thiazole rings is 1. The lowest BCUT2D eigenvalue weighted by Crippen LogP contribution is -2.34. The highest BCUT2D eigenvalue weighted by Gasteiger charge is 2.22. The number of rotatable bonds is 6. The first-order valence-electron chi connectivity index (χ1n) is 7.65. The molecule has 0 aliphatic carbocycles. The van der Waals surface area contributed by atoms with Crippen LogP contribution in [0.5, 0.6) is 5.75 Å². The van der Waals surface area contributed by atoms with Crippen LogP contribution in [0.4, 0.5) is 0 Å². The minimum Gasteiger partial charge on any atom is -0.497 e. The van der Waals surface area contributed by atoms with E-state index in [0.717, 1.165) is 27.7 Å². The molecule has 0 spiro atoms. The van der Waals surface area contributed by atoms with Gasteiger partial charge in [0.25, 0.3) is 0 Å². The number of esters is 1. The number of carbonyl (C=O) groups excluding carboxylic acids is 1. The van der Waals surface area contributed by atoms with Gasteiger partial charge in [0, 0.05) is 23.6 Å². The van der Waals surface area contributed by atoms with E-state index in [1.54, 1.807) is 25.4 Å². The van der Waals surface area contributed by atoms with Crippen molar-refractivity contribution >= 4 is 22.3 Å². The molecule has 24 heavy (non-hydrogen) atoms. The van der Waals surface area contributed by atoms with Crippen molar-refractivity contribution < 1.29 is 14.3 Å². The van der Waals surface area contributed by atoms with E-state index in [9.17, 15) is 4.79 Å².